The van der Waals surface area contributed by atoms with Crippen molar-refractivity contribution in [2.75, 3.05) is 39.6 Å². The topological polar surface area (TPSA) is 213 Å². The first-order valence-corrected chi connectivity index (χ1v) is 55.9. The van der Waals surface area contributed by atoms with E-state index in [1.54, 1.807) is 36.4 Å². The molecule has 0 unspecified atom stereocenters. The van der Waals surface area contributed by atoms with Gasteiger partial charge < -0.3 is 56.8 Å². The Morgan fingerprint density at radius 2 is 0.278 bits per heavy atom. The Labute approximate surface area is 884 Å². The summed E-state index contributed by atoms with van der Waals surface area (Å²) >= 11 is 42.0. The molecular formula is C120H150Cl6O18. The van der Waals surface area contributed by atoms with Gasteiger partial charge in [0, 0.05) is 0 Å². The lowest BCUT2D eigenvalue weighted by Gasteiger charge is -2.19. The van der Waals surface area contributed by atoms with Crippen LogP contribution in [0.25, 0.3) is 32.3 Å². The summed E-state index contributed by atoms with van der Waals surface area (Å²) in [6, 6.07) is 35.8. The average Bonchev–Trinajstić information content (AvgIpc) is 0.719. The van der Waals surface area contributed by atoms with E-state index in [1.165, 1.54) is 263 Å². The predicted octanol–water partition coefficient (Wildman–Crippen LogP) is 37.5. The first kappa shape index (κ1) is 116. The normalized spacial score (nSPS) is 11.3. The van der Waals surface area contributed by atoms with Crippen LogP contribution in [0.4, 0.5) is 0 Å². The Balaban J connectivity index is 1.14. The van der Waals surface area contributed by atoms with Crippen LogP contribution in [0, 0.1) is 0 Å². The number of halogens is 6. The number of carbonyl (C=O) groups excluding carboxylic acids is 6. The number of hydrogen-bond acceptors (Lipinski definition) is 18. The van der Waals surface area contributed by atoms with Crippen molar-refractivity contribution in [3.05, 3.63) is 209 Å². The molecule has 0 N–H and O–H groups in total. The van der Waals surface area contributed by atoms with Crippen LogP contribution in [-0.2, 0) is 0 Å². The Hall–Kier alpha value is -9.66. The summed E-state index contributed by atoms with van der Waals surface area (Å²) in [5.74, 6) is -5.59. The summed E-state index contributed by atoms with van der Waals surface area (Å²) < 4.78 is 76.1. The molecule has 780 valence electrons. The zero-order valence-corrected chi connectivity index (χ0v) is 90.2. The molecule has 0 aliphatic heterocycles. The Morgan fingerprint density at radius 3 is 0.396 bits per heavy atom. The maximum Gasteiger partial charge on any atom is 0.343 e. The number of esters is 6. The number of benzene rings is 10. The molecule has 0 aromatic heterocycles. The maximum absolute atomic E-state index is 15.2. The number of fused-ring (bicyclic) bond motifs is 6. The Morgan fingerprint density at radius 1 is 0.160 bits per heavy atom. The van der Waals surface area contributed by atoms with Gasteiger partial charge in [0.1, 0.15) is 34.5 Å². The van der Waals surface area contributed by atoms with Gasteiger partial charge in [0.2, 0.25) is 0 Å². The zero-order valence-electron chi connectivity index (χ0n) is 85.7. The molecule has 0 aliphatic carbocycles. The van der Waals surface area contributed by atoms with Crippen LogP contribution >= 0.6 is 69.6 Å². The second-order valence-electron chi connectivity index (χ2n) is 37.7. The van der Waals surface area contributed by atoms with Crippen LogP contribution in [0.1, 0.15) is 412 Å². The second-order valence-corrected chi connectivity index (χ2v) is 40.1. The summed E-state index contributed by atoms with van der Waals surface area (Å²) in [7, 11) is 0. The van der Waals surface area contributed by atoms with Crippen molar-refractivity contribution in [2.45, 2.75) is 350 Å². The smallest absolute Gasteiger partial charge is 0.343 e. The third-order valence-corrected chi connectivity index (χ3v) is 27.6. The van der Waals surface area contributed by atoms with Crippen LogP contribution in [0.3, 0.4) is 0 Å². The molecule has 0 spiro atoms. The van der Waals surface area contributed by atoms with Crippen molar-refractivity contribution >= 4 is 138 Å². The van der Waals surface area contributed by atoms with E-state index in [0.29, 0.717) is 74.1 Å². The van der Waals surface area contributed by atoms with Gasteiger partial charge in [-0.3, -0.25) is 0 Å². The van der Waals surface area contributed by atoms with Gasteiger partial charge in [0.25, 0.3) is 0 Å². The molecule has 10 aromatic rings. The monoisotopic (exact) mass is 2090 g/mol. The fraction of sp³-hybridized carbons (Fsp3) is 0.500. The summed E-state index contributed by atoms with van der Waals surface area (Å²) in [6.45, 7) is 15.5. The van der Waals surface area contributed by atoms with Crippen molar-refractivity contribution in [3.63, 3.8) is 0 Å². The number of unbranched alkanes of at least 4 members (excludes halogenated alkanes) is 42. The molecule has 18 nitrogen and oxygen atoms in total. The van der Waals surface area contributed by atoms with Crippen LogP contribution in [0.5, 0.6) is 69.0 Å². The summed E-state index contributed by atoms with van der Waals surface area (Å²) in [6.07, 6.45) is 52.6. The third-order valence-electron chi connectivity index (χ3n) is 25.9. The number of rotatable bonds is 72. The molecule has 0 saturated heterocycles. The van der Waals surface area contributed by atoms with E-state index in [0.717, 1.165) is 154 Å². The van der Waals surface area contributed by atoms with E-state index in [2.05, 4.69) is 41.5 Å². The lowest BCUT2D eigenvalue weighted by Crippen LogP contribution is -2.14. The largest absolute Gasteiger partial charge is 0.492 e. The summed E-state index contributed by atoms with van der Waals surface area (Å²) in [5, 5.41) is 1.88. The van der Waals surface area contributed by atoms with Gasteiger partial charge in [-0.1, -0.05) is 381 Å². The van der Waals surface area contributed by atoms with Crippen LogP contribution in [0.2, 0.25) is 30.1 Å². The van der Waals surface area contributed by atoms with Gasteiger partial charge >= 0.3 is 35.8 Å². The third kappa shape index (κ3) is 38.9. The minimum Gasteiger partial charge on any atom is -0.492 e. The van der Waals surface area contributed by atoms with Gasteiger partial charge in [-0.2, -0.15) is 0 Å². The van der Waals surface area contributed by atoms with Crippen LogP contribution < -0.4 is 56.8 Å². The van der Waals surface area contributed by atoms with E-state index in [1.807, 2.05) is 0 Å². The molecule has 24 heteroatoms. The molecule has 10 rings (SSSR count). The minimum atomic E-state index is -0.948. The molecule has 0 fully saturated rings. The predicted molar refractivity (Wildman–Crippen MR) is 586 cm³/mol. The highest BCUT2D eigenvalue weighted by molar-refractivity contribution is 6.35. The molecule has 0 atom stereocenters. The molecule has 0 saturated carbocycles. The number of ether oxygens (including phenoxy) is 12. The molecule has 0 bridgehead atoms. The van der Waals surface area contributed by atoms with Gasteiger partial charge in [0.05, 0.1) is 103 Å². The second kappa shape index (κ2) is 65.8. The summed E-state index contributed by atoms with van der Waals surface area (Å²) in [4.78, 5) is 91.5. The van der Waals surface area contributed by atoms with Crippen LogP contribution in [-0.4, -0.2) is 75.5 Å². The first-order valence-electron chi connectivity index (χ1n) is 53.6. The van der Waals surface area contributed by atoms with Crippen molar-refractivity contribution in [3.8, 4) is 69.0 Å². The SMILES string of the molecule is CCCCCCCCCCOc1ccc(C(=O)Oc2cc3c4cc(OC(=O)c5ccc(OCCCCCCCCCC)c(Cl)c5)c(OC(=O)c5ccc(OCCCCCCCCCC)c(Cl)c5)cc4c4cc(OC(=O)c5ccc(OCCCCCCCCCC)c(Cl)c5)c(OC(=O)c5ccc(OCCCCCCCCCC)c(Cl)c5)cc4c3cc2OC(=O)c2ccc(OCCCCCCCCCC)c(Cl)c2)cc1Cl. The van der Waals surface area contributed by atoms with E-state index in [4.69, 9.17) is 126 Å². The Kier molecular flexibility index (Phi) is 53.1. The highest BCUT2D eigenvalue weighted by Gasteiger charge is 2.30. The van der Waals surface area contributed by atoms with E-state index in [9.17, 15) is 0 Å². The molecule has 0 heterocycles. The molecular weight excluding hydrogens is 1940 g/mol. The van der Waals surface area contributed by atoms with Gasteiger partial charge in [0.15, 0.2) is 34.5 Å². The van der Waals surface area contributed by atoms with E-state index in [-0.39, 0.29) is 130 Å². The zero-order chi connectivity index (χ0) is 102. The van der Waals surface area contributed by atoms with Gasteiger partial charge in [-0.05, 0) is 216 Å². The van der Waals surface area contributed by atoms with Crippen molar-refractivity contribution in [1.29, 1.82) is 0 Å². The van der Waals surface area contributed by atoms with E-state index >= 15 is 28.8 Å². The van der Waals surface area contributed by atoms with Crippen molar-refractivity contribution < 1.29 is 85.6 Å². The fourth-order valence-corrected chi connectivity index (χ4v) is 18.8. The highest BCUT2D eigenvalue weighted by atomic mass is 35.5. The average molecular weight is 2090 g/mol. The molecule has 144 heavy (non-hydrogen) atoms. The molecule has 0 amide bonds. The quantitative estimate of drug-likeness (QED) is 0.0150. The standard InChI is InChI=1S/C120H150Cl6O18/c1-7-13-19-25-31-37-43-49-67-133-103-61-55-85(73-97(103)121)115(127)139-109-79-91-92(80-110(109)140-116(128)86-56-62-104(98(122)74-86)134-68-50-44-38-32-26-20-14-8-2)94-82-112(142-118(130)88-58-64-106(100(124)76-88)136-70-52-46-40-34-28-22-16-10-4)114(144-120(132)90-60-66-108(102(126)78-90)138-72-54-48-42-36-30-24-18-12-6)84-96(94)95-83-113(143-119(131)89-59-65-107(101(125)77-89)137-71-53-47-41-35-29-23-17-11-5)111(81-93(91)95)141-117(129)87-57-63-105(99(123)75-87)135-69-51-45-39-33-27-21-15-9-3/h55-66,73-84H,7-54,67-72H2,1-6H3. The lowest BCUT2D eigenvalue weighted by molar-refractivity contribution is 0.0682. The van der Waals surface area contributed by atoms with Gasteiger partial charge in [-0.15, -0.1) is 0 Å². The molecule has 0 radical (unpaired) electrons. The highest BCUT2D eigenvalue weighted by Crippen LogP contribution is 2.49. The fourth-order valence-electron chi connectivity index (χ4n) is 17.4. The van der Waals surface area contributed by atoms with Crippen molar-refractivity contribution in [1.82, 2.24) is 0 Å². The summed E-state index contributed by atoms with van der Waals surface area (Å²) in [5.41, 5.74) is -0.0997. The first-order chi connectivity index (χ1) is 70.2. The van der Waals surface area contributed by atoms with Crippen LogP contribution in [0.15, 0.2) is 146 Å². The number of hydrogen-bond donors (Lipinski definition) is 0. The van der Waals surface area contributed by atoms with E-state index < -0.39 is 35.8 Å². The Bertz CT molecular complexity index is 4780. The maximum atomic E-state index is 15.2. The molecule has 0 aliphatic rings. The minimum absolute atomic E-state index is 0.0166. The van der Waals surface area contributed by atoms with Crippen molar-refractivity contribution in [2.24, 2.45) is 0 Å². The molecule has 10 aromatic carbocycles. The van der Waals surface area contributed by atoms with Gasteiger partial charge in [-0.25, -0.2) is 28.8 Å². The lowest BCUT2D eigenvalue weighted by atomic mass is 9.93. The number of carbonyl (C=O) groups is 6.